The van der Waals surface area contributed by atoms with Crippen LogP contribution in [0, 0.1) is 0 Å². The maximum absolute atomic E-state index is 9.51. The molecule has 0 aliphatic carbocycles. The molecule has 3 rings (SSSR count). The van der Waals surface area contributed by atoms with Gasteiger partial charge in [-0.15, -0.1) is 0 Å². The lowest BCUT2D eigenvalue weighted by Crippen LogP contribution is -2.68. The van der Waals surface area contributed by atoms with Gasteiger partial charge in [0.2, 0.25) is 0 Å². The van der Waals surface area contributed by atoms with Crippen molar-refractivity contribution in [2.75, 3.05) is 6.61 Å². The Kier molecular flexibility index (Phi) is 9.04. The number of hydrogen-bond acceptors (Lipinski definition) is 3. The van der Waals surface area contributed by atoms with Crippen molar-refractivity contribution in [3.8, 4) is 0 Å². The number of ether oxygens (including phenoxy) is 1. The van der Waals surface area contributed by atoms with E-state index in [4.69, 9.17) is 9.16 Å². The molecule has 2 atom stereocenters. The fourth-order valence-electron chi connectivity index (χ4n) is 4.57. The van der Waals surface area contributed by atoms with E-state index in [1.54, 1.807) is 0 Å². The topological polar surface area (TPSA) is 38.7 Å². The van der Waals surface area contributed by atoms with Crippen LogP contribution in [0.15, 0.2) is 91.0 Å². The van der Waals surface area contributed by atoms with Gasteiger partial charge in [-0.25, -0.2) is 0 Å². The van der Waals surface area contributed by atoms with Gasteiger partial charge in [0.05, 0.1) is 18.8 Å². The predicted octanol–water partition coefficient (Wildman–Crippen LogP) is 5.31. The maximum atomic E-state index is 9.51. The van der Waals surface area contributed by atoms with Gasteiger partial charge in [-0.1, -0.05) is 112 Å². The molecule has 0 fully saturated rings. The van der Waals surface area contributed by atoms with E-state index < -0.39 is 8.32 Å². The summed E-state index contributed by atoms with van der Waals surface area (Å²) >= 11 is 0. The van der Waals surface area contributed by atoms with Crippen molar-refractivity contribution in [2.24, 2.45) is 0 Å². The molecule has 0 aliphatic rings. The van der Waals surface area contributed by atoms with Crippen LogP contribution in [0.3, 0.4) is 0 Å². The van der Waals surface area contributed by atoms with Crippen LogP contribution in [0.2, 0.25) is 5.04 Å². The number of aliphatic hydroxyl groups excluding tert-OH is 1. The zero-order valence-corrected chi connectivity index (χ0v) is 21.4. The third-order valence-corrected chi connectivity index (χ3v) is 11.4. The van der Waals surface area contributed by atoms with Gasteiger partial charge >= 0.3 is 0 Å². The maximum Gasteiger partial charge on any atom is 0.261 e. The molecular formula is C29H38O3Si. The standard InChI is InChI=1S/C29H38O3Si/c1-24(28(21-14-22-30)31-23-25-15-8-5-9-16-25)32-33(29(2,3)4,26-17-10-6-11-18-26)27-19-12-7-13-20-27/h5-13,15-20,24,28,30H,14,21-23H2,1-4H3/t24-,28+/m1/s1. The van der Waals surface area contributed by atoms with E-state index in [1.807, 2.05) is 18.2 Å². The Balaban J connectivity index is 1.97. The summed E-state index contributed by atoms with van der Waals surface area (Å²) in [4.78, 5) is 0. The summed E-state index contributed by atoms with van der Waals surface area (Å²) in [5.74, 6) is 0. The minimum atomic E-state index is -2.67. The minimum Gasteiger partial charge on any atom is -0.402 e. The van der Waals surface area contributed by atoms with Gasteiger partial charge in [-0.3, -0.25) is 0 Å². The highest BCUT2D eigenvalue weighted by Crippen LogP contribution is 2.38. The largest absolute Gasteiger partial charge is 0.402 e. The van der Waals surface area contributed by atoms with Crippen LogP contribution in [0.5, 0.6) is 0 Å². The summed E-state index contributed by atoms with van der Waals surface area (Å²) in [6, 6.07) is 31.6. The predicted molar refractivity (Wildman–Crippen MR) is 140 cm³/mol. The van der Waals surface area contributed by atoms with Gasteiger partial charge in [0.1, 0.15) is 0 Å². The summed E-state index contributed by atoms with van der Waals surface area (Å²) in [5.41, 5.74) is 1.14. The van der Waals surface area contributed by atoms with Crippen molar-refractivity contribution in [1.29, 1.82) is 0 Å². The minimum absolute atomic E-state index is 0.0923. The molecule has 0 amide bonds. The molecule has 0 saturated carbocycles. The highest BCUT2D eigenvalue weighted by molar-refractivity contribution is 6.99. The molecule has 1 N–H and O–H groups in total. The summed E-state index contributed by atoms with van der Waals surface area (Å²) in [6.07, 6.45) is 1.20. The van der Waals surface area contributed by atoms with Gasteiger partial charge in [-0.05, 0) is 40.7 Å². The lowest BCUT2D eigenvalue weighted by molar-refractivity contribution is -0.0381. The molecule has 4 heteroatoms. The molecule has 0 bridgehead atoms. The van der Waals surface area contributed by atoms with Gasteiger partial charge in [0, 0.05) is 6.61 Å². The number of benzene rings is 3. The first kappa shape index (κ1) is 25.4. The molecule has 176 valence electrons. The lowest BCUT2D eigenvalue weighted by atomic mass is 10.1. The molecular weight excluding hydrogens is 424 g/mol. The molecule has 33 heavy (non-hydrogen) atoms. The van der Waals surface area contributed by atoms with Gasteiger partial charge in [0.15, 0.2) is 0 Å². The number of hydrogen-bond donors (Lipinski definition) is 1. The molecule has 3 aromatic carbocycles. The molecule has 3 nitrogen and oxygen atoms in total. The number of rotatable bonds is 11. The van der Waals surface area contributed by atoms with Gasteiger partial charge in [0.25, 0.3) is 8.32 Å². The monoisotopic (exact) mass is 462 g/mol. The average Bonchev–Trinajstić information content (AvgIpc) is 2.83. The van der Waals surface area contributed by atoms with Crippen LogP contribution < -0.4 is 10.4 Å². The molecule has 0 heterocycles. The van der Waals surface area contributed by atoms with E-state index in [2.05, 4.69) is 100 Å². The second-order valence-corrected chi connectivity index (χ2v) is 13.9. The van der Waals surface area contributed by atoms with Crippen molar-refractivity contribution in [1.82, 2.24) is 0 Å². The first-order valence-electron chi connectivity index (χ1n) is 11.9. The molecule has 0 saturated heterocycles. The fraction of sp³-hybridized carbons (Fsp3) is 0.379. The van der Waals surface area contributed by atoms with Crippen molar-refractivity contribution in [3.63, 3.8) is 0 Å². The van der Waals surface area contributed by atoms with E-state index in [-0.39, 0.29) is 23.9 Å². The summed E-state index contributed by atoms with van der Waals surface area (Å²) in [7, 11) is -2.67. The van der Waals surface area contributed by atoms with Crippen LogP contribution in [0.25, 0.3) is 0 Å². The molecule has 3 aromatic rings. The van der Waals surface area contributed by atoms with Crippen molar-refractivity contribution < 1.29 is 14.3 Å². The highest BCUT2D eigenvalue weighted by Gasteiger charge is 2.51. The zero-order valence-electron chi connectivity index (χ0n) is 20.4. The fourth-order valence-corrected chi connectivity index (χ4v) is 9.29. The van der Waals surface area contributed by atoms with Crippen LogP contribution in [-0.4, -0.2) is 32.2 Å². The Morgan fingerprint density at radius 2 is 1.27 bits per heavy atom. The summed E-state index contributed by atoms with van der Waals surface area (Å²) < 4.78 is 13.7. The van der Waals surface area contributed by atoms with Crippen molar-refractivity contribution in [3.05, 3.63) is 96.6 Å². The highest BCUT2D eigenvalue weighted by atomic mass is 28.4. The SMILES string of the molecule is C[C@@H](O[Si](c1ccccc1)(c1ccccc1)C(C)(C)C)[C@H](CCCO)OCc1ccccc1. The molecule has 0 spiro atoms. The summed E-state index contributed by atoms with van der Waals surface area (Å²) in [6.45, 7) is 9.69. The second kappa shape index (κ2) is 11.8. The van der Waals surface area contributed by atoms with Crippen LogP contribution in [-0.2, 0) is 15.8 Å². The average molecular weight is 463 g/mol. The van der Waals surface area contributed by atoms with Crippen LogP contribution in [0.4, 0.5) is 0 Å². The second-order valence-electron chi connectivity index (χ2n) is 9.69. The van der Waals surface area contributed by atoms with Crippen molar-refractivity contribution >= 4 is 18.7 Å². The Labute approximate surface area is 200 Å². The molecule has 0 aliphatic heterocycles. The third-order valence-electron chi connectivity index (χ3n) is 6.26. The molecule has 0 radical (unpaired) electrons. The quantitative estimate of drug-likeness (QED) is 0.393. The van der Waals surface area contributed by atoms with E-state index in [1.165, 1.54) is 10.4 Å². The summed E-state index contributed by atoms with van der Waals surface area (Å²) in [5, 5.41) is 11.9. The lowest BCUT2D eigenvalue weighted by Gasteiger charge is -2.45. The van der Waals surface area contributed by atoms with E-state index in [9.17, 15) is 5.11 Å². The number of aliphatic hydroxyl groups is 1. The molecule has 0 aromatic heterocycles. The Bertz CT molecular complexity index is 899. The Morgan fingerprint density at radius 1 is 0.788 bits per heavy atom. The Morgan fingerprint density at radius 3 is 1.73 bits per heavy atom. The van der Waals surface area contributed by atoms with Gasteiger partial charge < -0.3 is 14.3 Å². The normalized spacial score (nSPS) is 14.1. The van der Waals surface area contributed by atoms with E-state index in [0.717, 1.165) is 12.0 Å². The van der Waals surface area contributed by atoms with Crippen LogP contribution >= 0.6 is 0 Å². The van der Waals surface area contributed by atoms with E-state index >= 15 is 0 Å². The van der Waals surface area contributed by atoms with E-state index in [0.29, 0.717) is 13.0 Å². The third kappa shape index (κ3) is 6.21. The van der Waals surface area contributed by atoms with Gasteiger partial charge in [-0.2, -0.15) is 0 Å². The zero-order chi connectivity index (χ0) is 23.7. The molecule has 0 unspecified atom stereocenters. The smallest absolute Gasteiger partial charge is 0.261 e. The Hall–Kier alpha value is -2.24. The first-order chi connectivity index (χ1) is 15.9. The van der Waals surface area contributed by atoms with Crippen LogP contribution in [0.1, 0.15) is 46.1 Å². The first-order valence-corrected chi connectivity index (χ1v) is 13.8. The van der Waals surface area contributed by atoms with Crippen molar-refractivity contribution in [2.45, 2.75) is 64.4 Å².